The molecule has 2 rings (SSSR count). The lowest BCUT2D eigenvalue weighted by Crippen LogP contribution is -2.36. The van der Waals surface area contributed by atoms with Crippen LogP contribution in [0.3, 0.4) is 0 Å². The largest absolute Gasteiger partial charge is 0.339 e. The van der Waals surface area contributed by atoms with Gasteiger partial charge in [-0.05, 0) is 29.7 Å². The first-order chi connectivity index (χ1) is 8.86. The molecule has 2 aromatic rings. The van der Waals surface area contributed by atoms with E-state index in [1.165, 1.54) is 12.1 Å². The third kappa shape index (κ3) is 3.38. The molecule has 19 heavy (non-hydrogen) atoms. The van der Waals surface area contributed by atoms with Gasteiger partial charge < -0.3 is 10.3 Å². The molecule has 0 aliphatic heterocycles. The van der Waals surface area contributed by atoms with E-state index in [0.717, 1.165) is 5.56 Å². The summed E-state index contributed by atoms with van der Waals surface area (Å²) < 4.78 is 18.0. The van der Waals surface area contributed by atoms with E-state index < -0.39 is 0 Å². The van der Waals surface area contributed by atoms with Gasteiger partial charge in [-0.3, -0.25) is 0 Å². The van der Waals surface area contributed by atoms with Gasteiger partial charge in [0.1, 0.15) is 5.82 Å². The Balaban J connectivity index is 2.13. The smallest absolute Gasteiger partial charge is 0.228 e. The highest BCUT2D eigenvalue weighted by Crippen LogP contribution is 2.21. The topological polar surface area (TPSA) is 64.9 Å². The number of nitrogens with two attached hydrogens (primary N) is 1. The van der Waals surface area contributed by atoms with E-state index >= 15 is 0 Å². The van der Waals surface area contributed by atoms with E-state index in [1.807, 2.05) is 0 Å². The van der Waals surface area contributed by atoms with Crippen LogP contribution in [0.25, 0.3) is 11.4 Å². The van der Waals surface area contributed by atoms with Crippen LogP contribution < -0.4 is 5.73 Å². The summed E-state index contributed by atoms with van der Waals surface area (Å²) in [6.07, 6.45) is 0.525. The average molecular weight is 263 g/mol. The summed E-state index contributed by atoms with van der Waals surface area (Å²) in [6, 6.07) is 5.91. The standard InChI is InChI=1S/C14H18FN3O/c1-14(2,3)11(16)8-12-17-13(18-19-12)9-4-6-10(15)7-5-9/h4-7,11H,8,16H2,1-3H3. The Kier molecular flexibility index (Phi) is 3.66. The molecule has 2 N–H and O–H groups in total. The number of rotatable bonds is 3. The summed E-state index contributed by atoms with van der Waals surface area (Å²) in [5.74, 6) is 0.667. The predicted molar refractivity (Wildman–Crippen MR) is 70.8 cm³/mol. The third-order valence-electron chi connectivity index (χ3n) is 3.08. The quantitative estimate of drug-likeness (QED) is 0.924. The first kappa shape index (κ1) is 13.7. The van der Waals surface area contributed by atoms with E-state index in [4.69, 9.17) is 10.3 Å². The Bertz CT molecular complexity index is 543. The number of hydrogen-bond donors (Lipinski definition) is 1. The zero-order chi connectivity index (χ0) is 14.0. The number of benzene rings is 1. The molecule has 0 fully saturated rings. The van der Waals surface area contributed by atoms with Crippen molar-refractivity contribution in [3.8, 4) is 11.4 Å². The van der Waals surface area contributed by atoms with Crippen molar-refractivity contribution in [1.82, 2.24) is 10.1 Å². The summed E-state index contributed by atoms with van der Waals surface area (Å²) in [6.45, 7) is 6.19. The van der Waals surface area contributed by atoms with Crippen LogP contribution in [0.15, 0.2) is 28.8 Å². The van der Waals surface area contributed by atoms with Crippen LogP contribution >= 0.6 is 0 Å². The van der Waals surface area contributed by atoms with Crippen LogP contribution in [0.5, 0.6) is 0 Å². The van der Waals surface area contributed by atoms with Gasteiger partial charge in [0.25, 0.3) is 0 Å². The Morgan fingerprint density at radius 3 is 2.47 bits per heavy atom. The van der Waals surface area contributed by atoms with Crippen LogP contribution in [0.2, 0.25) is 0 Å². The number of hydrogen-bond acceptors (Lipinski definition) is 4. The third-order valence-corrected chi connectivity index (χ3v) is 3.08. The molecule has 0 spiro atoms. The van der Waals surface area contributed by atoms with Gasteiger partial charge in [-0.1, -0.05) is 25.9 Å². The summed E-state index contributed by atoms with van der Waals surface area (Å²) in [5, 5.41) is 3.89. The number of nitrogens with zero attached hydrogens (tertiary/aromatic N) is 2. The van der Waals surface area contributed by atoms with Gasteiger partial charge in [0.15, 0.2) is 0 Å². The Morgan fingerprint density at radius 2 is 1.89 bits per heavy atom. The van der Waals surface area contributed by atoms with Gasteiger partial charge in [-0.2, -0.15) is 4.98 Å². The number of aromatic nitrogens is 2. The molecule has 0 aliphatic carbocycles. The Hall–Kier alpha value is -1.75. The fraction of sp³-hybridized carbons (Fsp3) is 0.429. The van der Waals surface area contributed by atoms with Crippen molar-refractivity contribution in [3.05, 3.63) is 36.0 Å². The summed E-state index contributed by atoms with van der Waals surface area (Å²) in [7, 11) is 0. The SMILES string of the molecule is CC(C)(C)C(N)Cc1nc(-c2ccc(F)cc2)no1. The lowest BCUT2D eigenvalue weighted by molar-refractivity contribution is 0.286. The molecule has 4 nitrogen and oxygen atoms in total. The van der Waals surface area contributed by atoms with Gasteiger partial charge in [0, 0.05) is 18.0 Å². The average Bonchev–Trinajstić information content (AvgIpc) is 2.77. The van der Waals surface area contributed by atoms with E-state index in [1.54, 1.807) is 12.1 Å². The molecule has 0 amide bonds. The molecule has 102 valence electrons. The predicted octanol–water partition coefficient (Wildman–Crippen LogP) is 2.79. The summed E-state index contributed by atoms with van der Waals surface area (Å²) in [4.78, 5) is 4.28. The van der Waals surface area contributed by atoms with Crippen molar-refractivity contribution in [2.24, 2.45) is 11.1 Å². The molecule has 1 atom stereocenters. The highest BCUT2D eigenvalue weighted by Gasteiger charge is 2.23. The fourth-order valence-corrected chi connectivity index (χ4v) is 1.55. The lowest BCUT2D eigenvalue weighted by atomic mass is 9.85. The van der Waals surface area contributed by atoms with Crippen molar-refractivity contribution < 1.29 is 8.91 Å². The van der Waals surface area contributed by atoms with Crippen molar-refractivity contribution in [2.45, 2.75) is 33.2 Å². The van der Waals surface area contributed by atoms with Crippen molar-refractivity contribution in [1.29, 1.82) is 0 Å². The summed E-state index contributed by atoms with van der Waals surface area (Å²) in [5.41, 5.74) is 6.77. The molecule has 1 aromatic heterocycles. The van der Waals surface area contributed by atoms with Gasteiger partial charge in [-0.15, -0.1) is 0 Å². The molecule has 0 saturated heterocycles. The van der Waals surface area contributed by atoms with E-state index in [-0.39, 0.29) is 17.3 Å². The van der Waals surface area contributed by atoms with Gasteiger partial charge in [-0.25, -0.2) is 4.39 Å². The molecular formula is C14H18FN3O. The normalized spacial score (nSPS) is 13.5. The minimum Gasteiger partial charge on any atom is -0.339 e. The van der Waals surface area contributed by atoms with Gasteiger partial charge >= 0.3 is 0 Å². The molecule has 1 heterocycles. The molecule has 0 radical (unpaired) electrons. The van der Waals surface area contributed by atoms with Crippen LogP contribution in [0.1, 0.15) is 26.7 Å². The molecular weight excluding hydrogens is 245 g/mol. The van der Waals surface area contributed by atoms with E-state index in [9.17, 15) is 4.39 Å². The number of halogens is 1. The maximum Gasteiger partial charge on any atom is 0.228 e. The highest BCUT2D eigenvalue weighted by molar-refractivity contribution is 5.53. The van der Waals surface area contributed by atoms with Gasteiger partial charge in [0.2, 0.25) is 11.7 Å². The van der Waals surface area contributed by atoms with E-state index in [2.05, 4.69) is 30.9 Å². The second-order valence-electron chi connectivity index (χ2n) is 5.70. The van der Waals surface area contributed by atoms with Crippen LogP contribution in [0.4, 0.5) is 4.39 Å². The van der Waals surface area contributed by atoms with E-state index in [0.29, 0.717) is 18.1 Å². The molecule has 0 bridgehead atoms. The van der Waals surface area contributed by atoms with Crippen LogP contribution in [0, 0.1) is 11.2 Å². The first-order valence-corrected chi connectivity index (χ1v) is 6.20. The Morgan fingerprint density at radius 1 is 1.26 bits per heavy atom. The second kappa shape index (κ2) is 5.09. The molecule has 0 aliphatic rings. The molecule has 0 saturated carbocycles. The first-order valence-electron chi connectivity index (χ1n) is 6.20. The minimum absolute atomic E-state index is 0.0233. The van der Waals surface area contributed by atoms with Crippen LogP contribution in [-0.4, -0.2) is 16.2 Å². The van der Waals surface area contributed by atoms with Crippen molar-refractivity contribution in [3.63, 3.8) is 0 Å². The lowest BCUT2D eigenvalue weighted by Gasteiger charge is -2.25. The molecule has 1 aromatic carbocycles. The monoisotopic (exact) mass is 263 g/mol. The van der Waals surface area contributed by atoms with Crippen molar-refractivity contribution in [2.75, 3.05) is 0 Å². The van der Waals surface area contributed by atoms with Gasteiger partial charge in [0.05, 0.1) is 0 Å². The van der Waals surface area contributed by atoms with Crippen molar-refractivity contribution >= 4 is 0 Å². The molecule has 5 heteroatoms. The minimum atomic E-state index is -0.290. The van der Waals surface area contributed by atoms with Crippen LogP contribution in [-0.2, 0) is 6.42 Å². The molecule has 1 unspecified atom stereocenters. The maximum atomic E-state index is 12.8. The summed E-state index contributed by atoms with van der Waals surface area (Å²) >= 11 is 0. The zero-order valence-corrected chi connectivity index (χ0v) is 11.4. The highest BCUT2D eigenvalue weighted by atomic mass is 19.1. The fourth-order valence-electron chi connectivity index (χ4n) is 1.55. The Labute approximate surface area is 111 Å². The zero-order valence-electron chi connectivity index (χ0n) is 11.4. The maximum absolute atomic E-state index is 12.8. The second-order valence-corrected chi connectivity index (χ2v) is 5.70.